The van der Waals surface area contributed by atoms with Crippen molar-refractivity contribution in [3.05, 3.63) is 11.9 Å². The maximum absolute atomic E-state index is 6.09. The van der Waals surface area contributed by atoms with Crippen molar-refractivity contribution in [1.82, 2.24) is 19.9 Å². The molecule has 0 aliphatic carbocycles. The predicted octanol–water partition coefficient (Wildman–Crippen LogP) is 0.640. The van der Waals surface area contributed by atoms with Gasteiger partial charge in [0.25, 0.3) is 0 Å². The second-order valence-corrected chi connectivity index (χ2v) is 4.08. The van der Waals surface area contributed by atoms with E-state index in [4.69, 9.17) is 5.73 Å². The maximum atomic E-state index is 6.09. The van der Waals surface area contributed by atoms with Crippen molar-refractivity contribution in [3.8, 4) is 0 Å². The van der Waals surface area contributed by atoms with E-state index >= 15 is 0 Å². The maximum Gasteiger partial charge on any atom is 0.0754 e. The minimum absolute atomic E-state index is 0.0361. The van der Waals surface area contributed by atoms with Gasteiger partial charge in [-0.3, -0.25) is 0 Å². The highest BCUT2D eigenvalue weighted by atomic mass is 15.4. The van der Waals surface area contributed by atoms with Crippen LogP contribution in [0.15, 0.2) is 6.20 Å². The summed E-state index contributed by atoms with van der Waals surface area (Å²) in [5, 5.41) is 7.94. The molecule has 5 nitrogen and oxygen atoms in total. The minimum Gasteiger partial charge on any atom is -0.323 e. The van der Waals surface area contributed by atoms with Gasteiger partial charge >= 0.3 is 0 Å². The molecule has 0 aliphatic heterocycles. The van der Waals surface area contributed by atoms with Gasteiger partial charge in [-0.1, -0.05) is 12.1 Å². The van der Waals surface area contributed by atoms with Gasteiger partial charge in [0.2, 0.25) is 0 Å². The summed E-state index contributed by atoms with van der Waals surface area (Å²) in [6.45, 7) is 4.00. The molecule has 0 aliphatic rings. The van der Waals surface area contributed by atoms with E-state index in [0.29, 0.717) is 0 Å². The minimum atomic E-state index is 0.0361. The lowest BCUT2D eigenvalue weighted by molar-refractivity contribution is 0.375. The summed E-state index contributed by atoms with van der Waals surface area (Å²) in [6, 6.07) is 0.0361. The number of aromatic nitrogens is 3. The summed E-state index contributed by atoms with van der Waals surface area (Å²) < 4.78 is 1.90. The molecule has 2 N–H and O–H groups in total. The van der Waals surface area contributed by atoms with Crippen LogP contribution in [0, 0.1) is 0 Å². The molecule has 15 heavy (non-hydrogen) atoms. The van der Waals surface area contributed by atoms with Crippen LogP contribution in [0.3, 0.4) is 0 Å². The number of rotatable bonds is 6. The van der Waals surface area contributed by atoms with E-state index in [0.717, 1.165) is 31.6 Å². The molecule has 0 bridgehead atoms. The van der Waals surface area contributed by atoms with Crippen LogP contribution in [0.4, 0.5) is 0 Å². The third-order valence-corrected chi connectivity index (χ3v) is 2.35. The van der Waals surface area contributed by atoms with Crippen molar-refractivity contribution in [2.45, 2.75) is 32.4 Å². The molecule has 0 aromatic carbocycles. The Kier molecular flexibility index (Phi) is 4.71. The monoisotopic (exact) mass is 211 g/mol. The molecule has 0 fully saturated rings. The fourth-order valence-electron chi connectivity index (χ4n) is 1.48. The van der Waals surface area contributed by atoms with Crippen molar-refractivity contribution < 1.29 is 0 Å². The zero-order valence-corrected chi connectivity index (χ0v) is 9.85. The molecular formula is C10H21N5. The number of nitrogens with zero attached hydrogens (tertiary/aromatic N) is 4. The quantitative estimate of drug-likeness (QED) is 0.750. The van der Waals surface area contributed by atoms with Gasteiger partial charge in [0.1, 0.15) is 0 Å². The van der Waals surface area contributed by atoms with E-state index in [1.165, 1.54) is 0 Å². The Morgan fingerprint density at radius 2 is 2.27 bits per heavy atom. The first kappa shape index (κ1) is 12.1. The van der Waals surface area contributed by atoms with Crippen LogP contribution in [-0.2, 0) is 6.54 Å². The van der Waals surface area contributed by atoms with Crippen molar-refractivity contribution in [2.75, 3.05) is 20.6 Å². The number of aryl methyl sites for hydroxylation is 1. The van der Waals surface area contributed by atoms with Gasteiger partial charge < -0.3 is 10.6 Å². The third-order valence-electron chi connectivity index (χ3n) is 2.35. The molecule has 5 heteroatoms. The van der Waals surface area contributed by atoms with Crippen LogP contribution in [-0.4, -0.2) is 40.5 Å². The highest BCUT2D eigenvalue weighted by molar-refractivity contribution is 5.01. The first-order chi connectivity index (χ1) is 7.15. The number of nitrogens with two attached hydrogens (primary N) is 1. The Labute approximate surface area is 91.2 Å². The summed E-state index contributed by atoms with van der Waals surface area (Å²) in [5.41, 5.74) is 7.13. The highest BCUT2D eigenvalue weighted by Crippen LogP contribution is 2.12. The Balaban J connectivity index is 2.56. The van der Waals surface area contributed by atoms with E-state index in [1.807, 2.05) is 18.8 Å². The van der Waals surface area contributed by atoms with Crippen LogP contribution in [0.5, 0.6) is 0 Å². The Hall–Kier alpha value is -0.940. The van der Waals surface area contributed by atoms with Crippen LogP contribution in [0.25, 0.3) is 0 Å². The van der Waals surface area contributed by atoms with Crippen molar-refractivity contribution in [1.29, 1.82) is 0 Å². The Morgan fingerprint density at radius 3 is 2.87 bits per heavy atom. The molecule has 1 aromatic heterocycles. The summed E-state index contributed by atoms with van der Waals surface area (Å²) in [5.74, 6) is 0. The molecular weight excluding hydrogens is 190 g/mol. The van der Waals surface area contributed by atoms with Gasteiger partial charge in [-0.2, -0.15) is 0 Å². The summed E-state index contributed by atoms with van der Waals surface area (Å²) in [4.78, 5) is 2.13. The molecule has 1 rings (SSSR count). The first-order valence-corrected chi connectivity index (χ1v) is 5.43. The van der Waals surface area contributed by atoms with Crippen LogP contribution >= 0.6 is 0 Å². The standard InChI is InChI=1S/C10H21N5/c1-4-6-15-10(8-12-13-15)9(11)5-7-14(2)3/h8-9H,4-7,11H2,1-3H3. The van der Waals surface area contributed by atoms with Gasteiger partial charge in [0.05, 0.1) is 11.9 Å². The third kappa shape index (κ3) is 3.60. The van der Waals surface area contributed by atoms with Crippen molar-refractivity contribution >= 4 is 0 Å². The van der Waals surface area contributed by atoms with E-state index in [9.17, 15) is 0 Å². The largest absolute Gasteiger partial charge is 0.323 e. The molecule has 0 saturated carbocycles. The molecule has 1 heterocycles. The molecule has 0 radical (unpaired) electrons. The Bertz CT molecular complexity index is 281. The van der Waals surface area contributed by atoms with Gasteiger partial charge in [0, 0.05) is 12.6 Å². The zero-order valence-electron chi connectivity index (χ0n) is 9.85. The van der Waals surface area contributed by atoms with Gasteiger partial charge in [-0.25, -0.2) is 4.68 Å². The van der Waals surface area contributed by atoms with Crippen LogP contribution in [0.2, 0.25) is 0 Å². The summed E-state index contributed by atoms with van der Waals surface area (Å²) in [6.07, 6.45) is 3.76. The average molecular weight is 211 g/mol. The molecule has 1 unspecified atom stereocenters. The normalized spacial score (nSPS) is 13.4. The lowest BCUT2D eigenvalue weighted by Crippen LogP contribution is -2.22. The summed E-state index contributed by atoms with van der Waals surface area (Å²) in [7, 11) is 4.10. The Morgan fingerprint density at radius 1 is 1.53 bits per heavy atom. The first-order valence-electron chi connectivity index (χ1n) is 5.43. The second kappa shape index (κ2) is 5.82. The van der Waals surface area contributed by atoms with E-state index in [1.54, 1.807) is 6.20 Å². The van der Waals surface area contributed by atoms with Gasteiger partial charge in [0.15, 0.2) is 0 Å². The lowest BCUT2D eigenvalue weighted by atomic mass is 10.1. The lowest BCUT2D eigenvalue weighted by Gasteiger charge is -2.15. The van der Waals surface area contributed by atoms with Crippen molar-refractivity contribution in [2.24, 2.45) is 5.73 Å². The smallest absolute Gasteiger partial charge is 0.0754 e. The fourth-order valence-corrected chi connectivity index (χ4v) is 1.48. The van der Waals surface area contributed by atoms with Gasteiger partial charge in [-0.15, -0.1) is 5.10 Å². The van der Waals surface area contributed by atoms with Crippen molar-refractivity contribution in [3.63, 3.8) is 0 Å². The summed E-state index contributed by atoms with van der Waals surface area (Å²) >= 11 is 0. The highest BCUT2D eigenvalue weighted by Gasteiger charge is 2.12. The zero-order chi connectivity index (χ0) is 11.3. The van der Waals surface area contributed by atoms with Gasteiger partial charge in [-0.05, 0) is 33.5 Å². The van der Waals surface area contributed by atoms with Crippen LogP contribution in [0.1, 0.15) is 31.5 Å². The van der Waals surface area contributed by atoms with E-state index in [-0.39, 0.29) is 6.04 Å². The number of hydrogen-bond acceptors (Lipinski definition) is 4. The molecule has 86 valence electrons. The SMILES string of the molecule is CCCn1nncc1C(N)CCN(C)C. The molecule has 0 saturated heterocycles. The number of hydrogen-bond donors (Lipinski definition) is 1. The average Bonchev–Trinajstić information content (AvgIpc) is 2.63. The fraction of sp³-hybridized carbons (Fsp3) is 0.800. The topological polar surface area (TPSA) is 60.0 Å². The second-order valence-electron chi connectivity index (χ2n) is 4.08. The predicted molar refractivity (Wildman–Crippen MR) is 60.4 cm³/mol. The van der Waals surface area contributed by atoms with E-state index in [2.05, 4.69) is 22.1 Å². The molecule has 0 spiro atoms. The van der Waals surface area contributed by atoms with E-state index < -0.39 is 0 Å². The molecule has 1 aromatic rings. The molecule has 1 atom stereocenters. The molecule has 0 amide bonds. The van der Waals surface area contributed by atoms with Crippen LogP contribution < -0.4 is 5.73 Å².